The summed E-state index contributed by atoms with van der Waals surface area (Å²) in [7, 11) is 3.78. The van der Waals surface area contributed by atoms with E-state index in [1.165, 1.54) is 15.6 Å². The Hall–Kier alpha value is -0.610. The maximum atomic E-state index is 6.17. The summed E-state index contributed by atoms with van der Waals surface area (Å²) in [6.07, 6.45) is 0. The zero-order valence-corrected chi connectivity index (χ0v) is 12.3. The number of halogens is 1. The molecule has 0 bridgehead atoms. The van der Waals surface area contributed by atoms with Crippen LogP contribution in [0, 0.1) is 0 Å². The third kappa shape index (κ3) is 3.45. The van der Waals surface area contributed by atoms with Gasteiger partial charge in [-0.3, -0.25) is 0 Å². The van der Waals surface area contributed by atoms with E-state index in [4.69, 9.17) is 16.3 Å². The molecule has 1 unspecified atom stereocenters. The number of hydrogen-bond donors (Lipinski definition) is 0. The van der Waals surface area contributed by atoms with Gasteiger partial charge in [0, 0.05) is 24.9 Å². The molecule has 0 saturated heterocycles. The minimum atomic E-state index is 0.0462. The van der Waals surface area contributed by atoms with Crippen LogP contribution < -0.4 is 0 Å². The summed E-state index contributed by atoms with van der Waals surface area (Å²) >= 11 is 7.97. The van der Waals surface area contributed by atoms with Crippen molar-refractivity contribution in [2.45, 2.75) is 11.9 Å². The highest BCUT2D eigenvalue weighted by Gasteiger charge is 2.10. The van der Waals surface area contributed by atoms with Crippen molar-refractivity contribution in [3.63, 3.8) is 0 Å². The van der Waals surface area contributed by atoms with Crippen LogP contribution in [-0.2, 0) is 11.3 Å². The Balaban J connectivity index is 2.00. The van der Waals surface area contributed by atoms with E-state index < -0.39 is 0 Å². The maximum Gasteiger partial charge on any atom is 0.0696 e. The number of fused-ring (bicyclic) bond motifs is 1. The number of benzene rings is 1. The molecule has 1 heterocycles. The molecule has 0 fully saturated rings. The smallest absolute Gasteiger partial charge is 0.0696 e. The normalized spacial score (nSPS) is 13.3. The van der Waals surface area contributed by atoms with Crippen LogP contribution in [0.2, 0.25) is 0 Å². The minimum absolute atomic E-state index is 0.0462. The molecule has 0 saturated carbocycles. The van der Waals surface area contributed by atoms with Crippen molar-refractivity contribution in [1.29, 1.82) is 0 Å². The van der Waals surface area contributed by atoms with Gasteiger partial charge >= 0.3 is 0 Å². The van der Waals surface area contributed by atoms with Gasteiger partial charge < -0.3 is 9.64 Å². The molecule has 0 aliphatic rings. The Morgan fingerprint density at radius 2 is 2.17 bits per heavy atom. The van der Waals surface area contributed by atoms with E-state index in [0.29, 0.717) is 6.61 Å². The highest BCUT2D eigenvalue weighted by Crippen LogP contribution is 2.26. The first-order valence-corrected chi connectivity index (χ1v) is 7.29. The first-order chi connectivity index (χ1) is 8.70. The molecular formula is C14H18ClNOS. The van der Waals surface area contributed by atoms with E-state index in [9.17, 15) is 0 Å². The van der Waals surface area contributed by atoms with Crippen molar-refractivity contribution in [2.75, 3.05) is 27.3 Å². The Labute approximate surface area is 117 Å². The fraction of sp³-hybridized carbons (Fsp3) is 0.429. The fourth-order valence-electron chi connectivity index (χ4n) is 2.08. The van der Waals surface area contributed by atoms with Crippen molar-refractivity contribution in [3.8, 4) is 0 Å². The third-order valence-electron chi connectivity index (χ3n) is 2.86. The molecule has 1 aromatic carbocycles. The van der Waals surface area contributed by atoms with Crippen LogP contribution in [0.3, 0.4) is 0 Å². The summed E-state index contributed by atoms with van der Waals surface area (Å²) in [5.74, 6) is 0. The van der Waals surface area contributed by atoms with Gasteiger partial charge in [-0.1, -0.05) is 18.2 Å². The molecule has 0 amide bonds. The van der Waals surface area contributed by atoms with Crippen LogP contribution in [-0.4, -0.2) is 37.6 Å². The van der Waals surface area contributed by atoms with Gasteiger partial charge in [-0.2, -0.15) is 0 Å². The van der Waals surface area contributed by atoms with Crippen molar-refractivity contribution >= 4 is 33.0 Å². The standard InChI is InChI=1S/C14H18ClNOS/c1-16(8-12(15)9-17-2)7-11-10-18-14-6-4-3-5-13(11)14/h3-6,10,12H,7-9H2,1-2H3. The molecule has 18 heavy (non-hydrogen) atoms. The SMILES string of the molecule is COCC(Cl)CN(C)Cc1csc2ccccc12. The predicted molar refractivity (Wildman–Crippen MR) is 79.7 cm³/mol. The molecule has 0 aliphatic carbocycles. The monoisotopic (exact) mass is 283 g/mol. The van der Waals surface area contributed by atoms with Gasteiger partial charge in [-0.25, -0.2) is 0 Å². The molecule has 2 rings (SSSR count). The summed E-state index contributed by atoms with van der Waals surface area (Å²) in [5.41, 5.74) is 1.37. The van der Waals surface area contributed by atoms with Crippen molar-refractivity contribution < 1.29 is 4.74 Å². The Kier molecular flexibility index (Phi) is 5.01. The van der Waals surface area contributed by atoms with Crippen LogP contribution in [0.15, 0.2) is 29.6 Å². The van der Waals surface area contributed by atoms with Crippen LogP contribution in [0.25, 0.3) is 10.1 Å². The van der Waals surface area contributed by atoms with Gasteiger partial charge in [0.05, 0.1) is 12.0 Å². The summed E-state index contributed by atoms with van der Waals surface area (Å²) in [5, 5.41) is 3.64. The molecule has 0 radical (unpaired) electrons. The molecule has 98 valence electrons. The molecule has 2 nitrogen and oxygen atoms in total. The number of ether oxygens (including phenoxy) is 1. The molecule has 0 N–H and O–H groups in total. The van der Waals surface area contributed by atoms with Gasteiger partial charge in [0.2, 0.25) is 0 Å². The second-order valence-corrected chi connectivity index (χ2v) is 6.03. The van der Waals surface area contributed by atoms with E-state index in [0.717, 1.165) is 13.1 Å². The Morgan fingerprint density at radius 3 is 2.94 bits per heavy atom. The lowest BCUT2D eigenvalue weighted by Gasteiger charge is -2.19. The van der Waals surface area contributed by atoms with E-state index in [2.05, 4.69) is 41.6 Å². The Bertz CT molecular complexity index is 499. The number of alkyl halides is 1. The molecule has 1 atom stereocenters. The quantitative estimate of drug-likeness (QED) is 0.751. The van der Waals surface area contributed by atoms with Crippen molar-refractivity contribution in [1.82, 2.24) is 4.90 Å². The largest absolute Gasteiger partial charge is 0.383 e. The minimum Gasteiger partial charge on any atom is -0.383 e. The zero-order chi connectivity index (χ0) is 13.0. The van der Waals surface area contributed by atoms with E-state index in [1.807, 2.05) is 0 Å². The molecule has 0 aliphatic heterocycles. The third-order valence-corrected chi connectivity index (χ3v) is 4.14. The Morgan fingerprint density at radius 1 is 1.39 bits per heavy atom. The average molecular weight is 284 g/mol. The highest BCUT2D eigenvalue weighted by molar-refractivity contribution is 7.17. The van der Waals surface area contributed by atoms with Gasteiger partial charge in [-0.05, 0) is 29.4 Å². The van der Waals surface area contributed by atoms with E-state index in [1.54, 1.807) is 18.4 Å². The number of rotatable bonds is 6. The van der Waals surface area contributed by atoms with Gasteiger partial charge in [-0.15, -0.1) is 22.9 Å². The number of hydrogen-bond acceptors (Lipinski definition) is 3. The maximum absolute atomic E-state index is 6.17. The lowest BCUT2D eigenvalue weighted by molar-refractivity contribution is 0.181. The molecule has 0 spiro atoms. The zero-order valence-electron chi connectivity index (χ0n) is 10.7. The summed E-state index contributed by atoms with van der Waals surface area (Å²) in [6, 6.07) is 8.52. The first kappa shape index (κ1) is 13.8. The first-order valence-electron chi connectivity index (χ1n) is 5.97. The van der Waals surface area contributed by atoms with Crippen LogP contribution in [0.1, 0.15) is 5.56 Å². The number of nitrogens with zero attached hydrogens (tertiary/aromatic N) is 1. The topological polar surface area (TPSA) is 12.5 Å². The molecular weight excluding hydrogens is 266 g/mol. The number of methoxy groups -OCH3 is 1. The summed E-state index contributed by atoms with van der Waals surface area (Å²) in [4.78, 5) is 2.24. The second-order valence-electron chi connectivity index (χ2n) is 4.51. The molecule has 2 aromatic rings. The van der Waals surface area contributed by atoms with Crippen LogP contribution in [0.5, 0.6) is 0 Å². The van der Waals surface area contributed by atoms with Crippen molar-refractivity contribution in [3.05, 3.63) is 35.2 Å². The predicted octanol–water partition coefficient (Wildman–Crippen LogP) is 3.59. The average Bonchev–Trinajstić information content (AvgIpc) is 2.73. The van der Waals surface area contributed by atoms with Gasteiger partial charge in [0.1, 0.15) is 0 Å². The van der Waals surface area contributed by atoms with E-state index >= 15 is 0 Å². The lowest BCUT2D eigenvalue weighted by Crippen LogP contribution is -2.28. The summed E-state index contributed by atoms with van der Waals surface area (Å²) in [6.45, 7) is 2.35. The van der Waals surface area contributed by atoms with Crippen LogP contribution >= 0.6 is 22.9 Å². The van der Waals surface area contributed by atoms with E-state index in [-0.39, 0.29) is 5.38 Å². The molecule has 1 aromatic heterocycles. The second kappa shape index (κ2) is 6.53. The van der Waals surface area contributed by atoms with Crippen LogP contribution in [0.4, 0.5) is 0 Å². The summed E-state index contributed by atoms with van der Waals surface area (Å²) < 4.78 is 6.40. The molecule has 4 heteroatoms. The van der Waals surface area contributed by atoms with Crippen molar-refractivity contribution in [2.24, 2.45) is 0 Å². The van der Waals surface area contributed by atoms with Gasteiger partial charge in [0.15, 0.2) is 0 Å². The fourth-order valence-corrected chi connectivity index (χ4v) is 3.40. The van der Waals surface area contributed by atoms with Gasteiger partial charge in [0.25, 0.3) is 0 Å². The highest BCUT2D eigenvalue weighted by atomic mass is 35.5. The lowest BCUT2D eigenvalue weighted by atomic mass is 10.1. The number of thiophene rings is 1.